The van der Waals surface area contributed by atoms with E-state index in [1.807, 2.05) is 13.8 Å². The topological polar surface area (TPSA) is 81.2 Å². The number of unbranched alkanes of at least 4 members (excludes halogenated alkanes) is 1. The maximum atomic E-state index is 12.7. The number of amides is 4. The molecule has 0 aromatic rings. The van der Waals surface area contributed by atoms with Crippen LogP contribution in [0.1, 0.15) is 67.2 Å². The molecule has 0 atom stereocenters. The highest BCUT2D eigenvalue weighted by atomic mass is 16.2. The van der Waals surface area contributed by atoms with Crippen molar-refractivity contribution in [3.8, 4) is 0 Å². The number of rotatable bonds is 7. The number of hydrogen-bond acceptors (Lipinski definition) is 4. The van der Waals surface area contributed by atoms with Crippen LogP contribution in [0.2, 0.25) is 0 Å². The molecule has 170 valence electrons. The maximum Gasteiger partial charge on any atom is 0.248 e. The number of hydrogen-bond donors (Lipinski definition) is 0. The van der Waals surface area contributed by atoms with Gasteiger partial charge in [-0.05, 0) is 54.4 Å². The quantitative estimate of drug-likeness (QED) is 0.582. The van der Waals surface area contributed by atoms with E-state index in [-0.39, 0.29) is 23.6 Å². The van der Waals surface area contributed by atoms with Crippen molar-refractivity contribution in [1.82, 2.24) is 19.6 Å². The van der Waals surface area contributed by atoms with Crippen LogP contribution >= 0.6 is 0 Å². The molecule has 0 unspecified atom stereocenters. The van der Waals surface area contributed by atoms with Crippen LogP contribution in [0.25, 0.3) is 0 Å². The van der Waals surface area contributed by atoms with Gasteiger partial charge in [0.15, 0.2) is 0 Å². The van der Waals surface area contributed by atoms with Crippen molar-refractivity contribution in [2.75, 3.05) is 39.3 Å². The Morgan fingerprint density at radius 1 is 0.700 bits per heavy atom. The fraction of sp³-hybridized carbons (Fsp3) is 0.818. The molecule has 0 bridgehead atoms. The lowest BCUT2D eigenvalue weighted by molar-refractivity contribution is -0.159. The fourth-order valence-electron chi connectivity index (χ4n) is 4.51. The van der Waals surface area contributed by atoms with Crippen LogP contribution in [0.4, 0.5) is 0 Å². The Bertz CT molecular complexity index is 631. The second kappa shape index (κ2) is 9.35. The summed E-state index contributed by atoms with van der Waals surface area (Å²) in [5.41, 5.74) is -1.66. The fourth-order valence-corrected chi connectivity index (χ4v) is 4.51. The van der Waals surface area contributed by atoms with Gasteiger partial charge < -0.3 is 19.6 Å². The normalized spacial score (nSPS) is 21.3. The highest BCUT2D eigenvalue weighted by Crippen LogP contribution is 2.25. The third-order valence-electron chi connectivity index (χ3n) is 6.55. The van der Waals surface area contributed by atoms with Crippen molar-refractivity contribution in [1.29, 1.82) is 0 Å². The van der Waals surface area contributed by atoms with E-state index < -0.39 is 11.1 Å². The van der Waals surface area contributed by atoms with Crippen LogP contribution in [0.15, 0.2) is 0 Å². The van der Waals surface area contributed by atoms with Crippen LogP contribution in [0.3, 0.4) is 0 Å². The Kier molecular flexibility index (Phi) is 7.53. The zero-order valence-corrected chi connectivity index (χ0v) is 19.5. The summed E-state index contributed by atoms with van der Waals surface area (Å²) in [5.74, 6) is -0.108. The summed E-state index contributed by atoms with van der Waals surface area (Å²) in [7, 11) is 0. The number of carbonyl (C=O) groups excluding carboxylic acids is 4. The van der Waals surface area contributed by atoms with Crippen molar-refractivity contribution >= 4 is 23.6 Å². The van der Waals surface area contributed by atoms with Gasteiger partial charge in [-0.15, -0.1) is 0 Å². The van der Waals surface area contributed by atoms with Gasteiger partial charge in [0.1, 0.15) is 11.1 Å². The lowest BCUT2D eigenvalue weighted by Crippen LogP contribution is -2.64. The van der Waals surface area contributed by atoms with Crippen LogP contribution in [-0.2, 0) is 19.2 Å². The van der Waals surface area contributed by atoms with Crippen molar-refractivity contribution in [2.45, 2.75) is 78.3 Å². The number of piperazine rings is 2. The first kappa shape index (κ1) is 24.2. The molecule has 2 fully saturated rings. The Morgan fingerprint density at radius 3 is 1.33 bits per heavy atom. The summed E-state index contributed by atoms with van der Waals surface area (Å²) in [6, 6.07) is 0. The van der Waals surface area contributed by atoms with Crippen LogP contribution in [-0.4, -0.2) is 93.6 Å². The van der Waals surface area contributed by atoms with E-state index in [1.54, 1.807) is 47.3 Å². The Hall–Kier alpha value is -2.12. The lowest BCUT2D eigenvalue weighted by atomic mass is 9.95. The molecule has 0 aromatic heterocycles. The van der Waals surface area contributed by atoms with E-state index >= 15 is 0 Å². The molecule has 8 heteroatoms. The minimum Gasteiger partial charge on any atom is -0.339 e. The minimum atomic E-state index is -0.829. The first-order valence-corrected chi connectivity index (χ1v) is 11.2. The van der Waals surface area contributed by atoms with Crippen LogP contribution in [0, 0.1) is 0 Å². The third-order valence-corrected chi connectivity index (χ3v) is 6.55. The Morgan fingerprint density at radius 2 is 1.03 bits per heavy atom. The molecule has 0 saturated carbocycles. The zero-order chi connectivity index (χ0) is 22.7. The van der Waals surface area contributed by atoms with E-state index in [1.165, 1.54) is 0 Å². The molecular formula is C22H38N4O4. The molecule has 0 spiro atoms. The van der Waals surface area contributed by atoms with E-state index in [2.05, 4.69) is 0 Å². The van der Waals surface area contributed by atoms with Gasteiger partial charge in [0.2, 0.25) is 23.6 Å². The molecule has 2 saturated heterocycles. The summed E-state index contributed by atoms with van der Waals surface area (Å²) in [4.78, 5) is 57.5. The van der Waals surface area contributed by atoms with Gasteiger partial charge in [0, 0.05) is 52.1 Å². The summed E-state index contributed by atoms with van der Waals surface area (Å²) in [6.07, 6.45) is 1.82. The molecule has 0 N–H and O–H groups in total. The van der Waals surface area contributed by atoms with Gasteiger partial charge in [-0.1, -0.05) is 0 Å². The number of nitrogens with zero attached hydrogens (tertiary/aromatic N) is 4. The Balaban J connectivity index is 1.83. The molecule has 2 rings (SSSR count). The SMILES string of the molecule is CCN1CCN(C(=O)CCCCC(=O)N2CCN(CC)C(=O)C2(C)C)C(C)(C)C1=O. The number of carbonyl (C=O) groups is 4. The van der Waals surface area contributed by atoms with E-state index in [4.69, 9.17) is 0 Å². The molecule has 0 aromatic carbocycles. The van der Waals surface area contributed by atoms with Gasteiger partial charge in [-0.2, -0.15) is 0 Å². The zero-order valence-electron chi connectivity index (χ0n) is 19.5. The van der Waals surface area contributed by atoms with Crippen molar-refractivity contribution < 1.29 is 19.2 Å². The van der Waals surface area contributed by atoms with Gasteiger partial charge >= 0.3 is 0 Å². The summed E-state index contributed by atoms with van der Waals surface area (Å²) < 4.78 is 0. The second-order valence-corrected chi connectivity index (χ2v) is 9.19. The Labute approximate surface area is 180 Å². The predicted molar refractivity (Wildman–Crippen MR) is 115 cm³/mol. The minimum absolute atomic E-state index is 0.0158. The number of likely N-dealkylation sites (N-methyl/N-ethyl adjacent to an activating group) is 2. The van der Waals surface area contributed by atoms with Gasteiger partial charge in [-0.25, -0.2) is 0 Å². The van der Waals surface area contributed by atoms with Crippen molar-refractivity contribution in [3.05, 3.63) is 0 Å². The van der Waals surface area contributed by atoms with Gasteiger partial charge in [0.25, 0.3) is 0 Å². The average molecular weight is 423 g/mol. The summed E-state index contributed by atoms with van der Waals surface area (Å²) in [6.45, 7) is 14.6. The van der Waals surface area contributed by atoms with Gasteiger partial charge in [0.05, 0.1) is 0 Å². The van der Waals surface area contributed by atoms with Crippen LogP contribution < -0.4 is 0 Å². The van der Waals surface area contributed by atoms with Gasteiger partial charge in [-0.3, -0.25) is 19.2 Å². The summed E-state index contributed by atoms with van der Waals surface area (Å²) >= 11 is 0. The highest BCUT2D eigenvalue weighted by Gasteiger charge is 2.44. The molecule has 30 heavy (non-hydrogen) atoms. The molecule has 2 heterocycles. The molecule has 0 radical (unpaired) electrons. The van der Waals surface area contributed by atoms with Crippen molar-refractivity contribution in [3.63, 3.8) is 0 Å². The van der Waals surface area contributed by atoms with E-state index in [9.17, 15) is 19.2 Å². The molecule has 8 nitrogen and oxygen atoms in total. The molecule has 0 aliphatic carbocycles. The molecule has 2 aliphatic rings. The maximum absolute atomic E-state index is 12.7. The first-order chi connectivity index (χ1) is 14.0. The third kappa shape index (κ3) is 4.62. The summed E-state index contributed by atoms with van der Waals surface area (Å²) in [5, 5.41) is 0. The molecule has 2 aliphatic heterocycles. The van der Waals surface area contributed by atoms with E-state index in [0.717, 1.165) is 0 Å². The monoisotopic (exact) mass is 422 g/mol. The average Bonchev–Trinajstić information content (AvgIpc) is 2.68. The predicted octanol–water partition coefficient (Wildman–Crippen LogP) is 1.49. The standard InChI is InChI=1S/C22H38N4O4/c1-7-23-13-15-25(21(3,4)19(23)29)17(27)11-9-10-12-18(28)26-16-14-24(8-2)20(30)22(26,5)6/h7-16H2,1-6H3. The first-order valence-electron chi connectivity index (χ1n) is 11.2. The lowest BCUT2D eigenvalue weighted by Gasteiger charge is -2.46. The van der Waals surface area contributed by atoms with Crippen molar-refractivity contribution in [2.24, 2.45) is 0 Å². The largest absolute Gasteiger partial charge is 0.339 e. The molecular weight excluding hydrogens is 384 g/mol. The second-order valence-electron chi connectivity index (χ2n) is 9.19. The van der Waals surface area contributed by atoms with Crippen LogP contribution in [0.5, 0.6) is 0 Å². The van der Waals surface area contributed by atoms with E-state index in [0.29, 0.717) is 65.0 Å². The highest BCUT2D eigenvalue weighted by molar-refractivity contribution is 5.92. The smallest absolute Gasteiger partial charge is 0.248 e. The molecule has 4 amide bonds.